The lowest BCUT2D eigenvalue weighted by atomic mass is 10.2. The molecule has 1 fully saturated rings. The Balaban J connectivity index is 2.24. The number of nitrogens with two attached hydrogens (primary N) is 1. The second-order valence-corrected chi connectivity index (χ2v) is 9.03. The first-order chi connectivity index (χ1) is 12.5. The van der Waals surface area contributed by atoms with Crippen LogP contribution in [0.25, 0.3) is 0 Å². The molecule has 1 saturated heterocycles. The summed E-state index contributed by atoms with van der Waals surface area (Å²) in [5.74, 6) is -0.324. The Hall–Kier alpha value is -2.33. The van der Waals surface area contributed by atoms with Gasteiger partial charge >= 0.3 is 6.09 Å². The molecule has 1 aromatic carbocycles. The molecule has 1 aromatic rings. The molecule has 1 aliphatic heterocycles. The molecule has 1 unspecified atom stereocenters. The van der Waals surface area contributed by atoms with Crippen molar-refractivity contribution in [1.82, 2.24) is 9.21 Å². The molecule has 1 heterocycles. The van der Waals surface area contributed by atoms with Crippen LogP contribution in [0.4, 0.5) is 4.79 Å². The maximum atomic E-state index is 12.9. The molecule has 9 nitrogen and oxygen atoms in total. The Morgan fingerprint density at radius 3 is 2.22 bits per heavy atom. The standard InChI is InChI=1S/C17H25N3O6S/c1-17(2,3)26-16(22)19-9-10-20(14(11-19)15(18)21)27(23,24)13-7-5-12(25-4)6-8-13/h5-8,14H,9-11H2,1-4H3,(H2,18,21). The van der Waals surface area contributed by atoms with Crippen molar-refractivity contribution in [2.75, 3.05) is 26.7 Å². The Morgan fingerprint density at radius 1 is 1.15 bits per heavy atom. The van der Waals surface area contributed by atoms with E-state index in [4.69, 9.17) is 15.2 Å². The number of piperazine rings is 1. The number of carbonyl (C=O) groups is 2. The lowest BCUT2D eigenvalue weighted by Crippen LogP contribution is -2.61. The Morgan fingerprint density at radius 2 is 1.74 bits per heavy atom. The second kappa shape index (κ2) is 7.73. The number of carbonyl (C=O) groups excluding carboxylic acids is 2. The maximum absolute atomic E-state index is 12.9. The topological polar surface area (TPSA) is 119 Å². The van der Waals surface area contributed by atoms with Crippen molar-refractivity contribution >= 4 is 22.0 Å². The normalized spacial score (nSPS) is 18.8. The highest BCUT2D eigenvalue weighted by Gasteiger charge is 2.41. The summed E-state index contributed by atoms with van der Waals surface area (Å²) in [4.78, 5) is 25.5. The van der Waals surface area contributed by atoms with Gasteiger partial charge < -0.3 is 20.1 Å². The van der Waals surface area contributed by atoms with Crippen LogP contribution in [0.3, 0.4) is 0 Å². The van der Waals surface area contributed by atoms with Crippen LogP contribution in [0.15, 0.2) is 29.2 Å². The number of hydrogen-bond donors (Lipinski definition) is 1. The molecule has 0 aromatic heterocycles. The SMILES string of the molecule is COc1ccc(S(=O)(=O)N2CCN(C(=O)OC(C)(C)C)CC2C(N)=O)cc1. The summed E-state index contributed by atoms with van der Waals surface area (Å²) in [5.41, 5.74) is 4.72. The number of hydrogen-bond acceptors (Lipinski definition) is 6. The molecule has 0 bridgehead atoms. The third-order valence-corrected chi connectivity index (χ3v) is 5.90. The smallest absolute Gasteiger partial charge is 0.410 e. The van der Waals surface area contributed by atoms with Crippen LogP contribution >= 0.6 is 0 Å². The van der Waals surface area contributed by atoms with E-state index in [0.717, 1.165) is 4.31 Å². The van der Waals surface area contributed by atoms with Gasteiger partial charge in [0.1, 0.15) is 17.4 Å². The molecule has 0 radical (unpaired) electrons. The zero-order chi connectivity index (χ0) is 20.4. The van der Waals surface area contributed by atoms with Crippen molar-refractivity contribution in [3.05, 3.63) is 24.3 Å². The summed E-state index contributed by atoms with van der Waals surface area (Å²) < 4.78 is 37.2. The maximum Gasteiger partial charge on any atom is 0.410 e. The molecular formula is C17H25N3O6S. The summed E-state index contributed by atoms with van der Waals surface area (Å²) in [6, 6.07) is 4.64. The van der Waals surface area contributed by atoms with Gasteiger partial charge in [-0.05, 0) is 45.0 Å². The van der Waals surface area contributed by atoms with Crippen LogP contribution in [0.5, 0.6) is 5.75 Å². The van der Waals surface area contributed by atoms with E-state index in [9.17, 15) is 18.0 Å². The Kier molecular flexibility index (Phi) is 6.01. The Labute approximate surface area is 159 Å². The van der Waals surface area contributed by atoms with Gasteiger partial charge in [-0.25, -0.2) is 13.2 Å². The van der Waals surface area contributed by atoms with Gasteiger partial charge in [-0.1, -0.05) is 0 Å². The minimum atomic E-state index is -3.97. The summed E-state index contributed by atoms with van der Waals surface area (Å²) in [7, 11) is -2.49. The van der Waals surface area contributed by atoms with Gasteiger partial charge in [-0.2, -0.15) is 4.31 Å². The third-order valence-electron chi connectivity index (χ3n) is 3.98. The second-order valence-electron chi connectivity index (χ2n) is 7.14. The zero-order valence-electron chi connectivity index (χ0n) is 15.8. The number of amides is 2. The molecular weight excluding hydrogens is 374 g/mol. The first-order valence-corrected chi connectivity index (χ1v) is 9.83. The molecule has 150 valence electrons. The van der Waals surface area contributed by atoms with Crippen molar-refractivity contribution in [1.29, 1.82) is 0 Å². The number of methoxy groups -OCH3 is 1. The van der Waals surface area contributed by atoms with Gasteiger partial charge in [0, 0.05) is 19.6 Å². The van der Waals surface area contributed by atoms with Gasteiger partial charge in [0.25, 0.3) is 0 Å². The first kappa shape index (κ1) is 21.0. The lowest BCUT2D eigenvalue weighted by molar-refractivity contribution is -0.123. The fourth-order valence-electron chi connectivity index (χ4n) is 2.66. The number of nitrogens with zero attached hydrogens (tertiary/aromatic N) is 2. The molecule has 0 aliphatic carbocycles. The fourth-order valence-corrected chi connectivity index (χ4v) is 4.24. The van der Waals surface area contributed by atoms with Gasteiger partial charge in [-0.15, -0.1) is 0 Å². The summed E-state index contributed by atoms with van der Waals surface area (Å²) >= 11 is 0. The minimum absolute atomic E-state index is 0.0141. The van der Waals surface area contributed by atoms with Crippen LogP contribution in [-0.2, 0) is 19.6 Å². The lowest BCUT2D eigenvalue weighted by Gasteiger charge is -2.39. The average Bonchev–Trinajstić information content (AvgIpc) is 2.59. The largest absolute Gasteiger partial charge is 0.497 e. The van der Waals surface area contributed by atoms with E-state index in [0.29, 0.717) is 5.75 Å². The van der Waals surface area contributed by atoms with E-state index in [1.54, 1.807) is 20.8 Å². The number of ether oxygens (including phenoxy) is 2. The van der Waals surface area contributed by atoms with Crippen LogP contribution in [-0.4, -0.2) is 68.0 Å². The molecule has 1 aliphatic rings. The van der Waals surface area contributed by atoms with Gasteiger partial charge in [0.15, 0.2) is 0 Å². The predicted octanol–water partition coefficient (Wildman–Crippen LogP) is 0.791. The van der Waals surface area contributed by atoms with E-state index < -0.39 is 33.7 Å². The van der Waals surface area contributed by atoms with Gasteiger partial charge in [0.2, 0.25) is 15.9 Å². The number of primary amides is 1. The highest BCUT2D eigenvalue weighted by molar-refractivity contribution is 7.89. The summed E-state index contributed by atoms with van der Waals surface area (Å²) in [5, 5.41) is 0. The average molecular weight is 399 g/mol. The highest BCUT2D eigenvalue weighted by Crippen LogP contribution is 2.24. The van der Waals surface area contributed by atoms with E-state index in [2.05, 4.69) is 0 Å². The number of sulfonamides is 1. The van der Waals surface area contributed by atoms with Gasteiger partial charge in [0.05, 0.1) is 12.0 Å². The molecule has 0 spiro atoms. The molecule has 2 rings (SSSR count). The van der Waals surface area contributed by atoms with Crippen LogP contribution in [0.2, 0.25) is 0 Å². The fraction of sp³-hybridized carbons (Fsp3) is 0.529. The highest BCUT2D eigenvalue weighted by atomic mass is 32.2. The minimum Gasteiger partial charge on any atom is -0.497 e. The van der Waals surface area contributed by atoms with Gasteiger partial charge in [-0.3, -0.25) is 4.79 Å². The number of benzene rings is 1. The van der Waals surface area contributed by atoms with E-state index >= 15 is 0 Å². The quantitative estimate of drug-likeness (QED) is 0.799. The van der Waals surface area contributed by atoms with Crippen LogP contribution < -0.4 is 10.5 Å². The monoisotopic (exact) mass is 399 g/mol. The van der Waals surface area contributed by atoms with E-state index in [-0.39, 0.29) is 24.5 Å². The molecule has 0 saturated carbocycles. The van der Waals surface area contributed by atoms with Crippen LogP contribution in [0.1, 0.15) is 20.8 Å². The van der Waals surface area contributed by atoms with Crippen molar-refractivity contribution in [2.24, 2.45) is 5.73 Å². The molecule has 2 amide bonds. The van der Waals surface area contributed by atoms with Crippen molar-refractivity contribution in [3.63, 3.8) is 0 Å². The molecule has 10 heteroatoms. The molecule has 27 heavy (non-hydrogen) atoms. The van der Waals surface area contributed by atoms with Crippen molar-refractivity contribution in [2.45, 2.75) is 37.3 Å². The zero-order valence-corrected chi connectivity index (χ0v) is 16.7. The third kappa shape index (κ3) is 4.89. The first-order valence-electron chi connectivity index (χ1n) is 8.39. The van der Waals surface area contributed by atoms with E-state index in [1.807, 2.05) is 0 Å². The molecule has 1 atom stereocenters. The van der Waals surface area contributed by atoms with Crippen molar-refractivity contribution in [3.8, 4) is 5.75 Å². The predicted molar refractivity (Wildman–Crippen MR) is 97.7 cm³/mol. The summed E-state index contributed by atoms with van der Waals surface area (Å²) in [6.45, 7) is 5.03. The van der Waals surface area contributed by atoms with Crippen molar-refractivity contribution < 1.29 is 27.5 Å². The molecule has 2 N–H and O–H groups in total. The summed E-state index contributed by atoms with van der Waals surface area (Å²) in [6.07, 6.45) is -0.616. The number of rotatable bonds is 4. The van der Waals surface area contributed by atoms with Crippen LogP contribution in [0, 0.1) is 0 Å². The van der Waals surface area contributed by atoms with E-state index in [1.165, 1.54) is 36.3 Å². The Bertz CT molecular complexity index is 801.